The maximum Gasteiger partial charge on any atom is 0.358 e. The Bertz CT molecular complexity index is 603. The molecule has 0 aliphatic carbocycles. The highest BCUT2D eigenvalue weighted by Crippen LogP contribution is 2.27. The van der Waals surface area contributed by atoms with Gasteiger partial charge < -0.3 is 5.11 Å². The third-order valence-electron chi connectivity index (χ3n) is 3.30. The van der Waals surface area contributed by atoms with Crippen molar-refractivity contribution in [2.24, 2.45) is 0 Å². The molecule has 0 fully saturated rings. The maximum atomic E-state index is 13.0. The van der Waals surface area contributed by atoms with E-state index < -0.39 is 5.97 Å². The summed E-state index contributed by atoms with van der Waals surface area (Å²) in [5, 5.41) is 17.0. The zero-order chi connectivity index (χ0) is 14.7. The highest BCUT2D eigenvalue weighted by Gasteiger charge is 2.23. The summed E-state index contributed by atoms with van der Waals surface area (Å²) < 4.78 is 14.6. The average Bonchev–Trinajstić information content (AvgIpc) is 2.86. The van der Waals surface area contributed by atoms with Crippen LogP contribution in [0.5, 0.6) is 0 Å². The Morgan fingerprint density at radius 3 is 2.40 bits per heavy atom. The van der Waals surface area contributed by atoms with Gasteiger partial charge in [-0.3, -0.25) is 0 Å². The van der Waals surface area contributed by atoms with E-state index >= 15 is 0 Å². The van der Waals surface area contributed by atoms with Gasteiger partial charge >= 0.3 is 5.97 Å². The zero-order valence-corrected chi connectivity index (χ0v) is 11.4. The minimum absolute atomic E-state index is 0.0654. The Labute approximate surface area is 116 Å². The summed E-state index contributed by atoms with van der Waals surface area (Å²) in [7, 11) is 0. The molecule has 1 heterocycles. The first-order chi connectivity index (χ1) is 9.58. The van der Waals surface area contributed by atoms with Crippen molar-refractivity contribution in [1.82, 2.24) is 15.0 Å². The molecule has 1 N–H and O–H groups in total. The fraction of sp³-hybridized carbons (Fsp3) is 0.357. The van der Waals surface area contributed by atoms with Gasteiger partial charge in [-0.15, -0.1) is 5.10 Å². The molecule has 0 bridgehead atoms. The molecule has 1 aromatic heterocycles. The van der Waals surface area contributed by atoms with Gasteiger partial charge in [-0.05, 0) is 37.1 Å². The van der Waals surface area contributed by atoms with Crippen molar-refractivity contribution in [2.75, 3.05) is 0 Å². The Balaban J connectivity index is 2.60. The molecule has 0 saturated heterocycles. The van der Waals surface area contributed by atoms with E-state index in [9.17, 15) is 14.3 Å². The van der Waals surface area contributed by atoms with E-state index in [0.717, 1.165) is 12.8 Å². The topological polar surface area (TPSA) is 68.0 Å². The SMILES string of the molecule is CCC(CC)n1nnc(C(=O)O)c1-c1ccc(F)cc1. The van der Waals surface area contributed by atoms with Gasteiger partial charge in [0, 0.05) is 5.56 Å². The molecule has 0 aliphatic heterocycles. The predicted octanol–water partition coefficient (Wildman–Crippen LogP) is 3.14. The Hall–Kier alpha value is -2.24. The van der Waals surface area contributed by atoms with Crippen LogP contribution in [0.25, 0.3) is 11.3 Å². The summed E-state index contributed by atoms with van der Waals surface area (Å²) in [4.78, 5) is 11.3. The van der Waals surface area contributed by atoms with Crippen molar-refractivity contribution in [1.29, 1.82) is 0 Å². The van der Waals surface area contributed by atoms with Gasteiger partial charge in [0.2, 0.25) is 0 Å². The van der Waals surface area contributed by atoms with Crippen LogP contribution in [0.4, 0.5) is 4.39 Å². The van der Waals surface area contributed by atoms with Gasteiger partial charge in [-0.1, -0.05) is 19.1 Å². The van der Waals surface area contributed by atoms with Crippen molar-refractivity contribution in [3.8, 4) is 11.3 Å². The van der Waals surface area contributed by atoms with Gasteiger partial charge in [0.25, 0.3) is 0 Å². The molecular weight excluding hydrogens is 261 g/mol. The maximum absolute atomic E-state index is 13.0. The van der Waals surface area contributed by atoms with Crippen LogP contribution in [-0.4, -0.2) is 26.1 Å². The molecule has 6 heteroatoms. The van der Waals surface area contributed by atoms with Crippen LogP contribution in [0.1, 0.15) is 43.2 Å². The molecule has 106 valence electrons. The van der Waals surface area contributed by atoms with E-state index in [1.165, 1.54) is 12.1 Å². The van der Waals surface area contributed by atoms with Crippen LogP contribution >= 0.6 is 0 Å². The molecule has 0 radical (unpaired) electrons. The summed E-state index contributed by atoms with van der Waals surface area (Å²) in [6, 6.07) is 5.74. The van der Waals surface area contributed by atoms with Crippen LogP contribution in [0.15, 0.2) is 24.3 Å². The van der Waals surface area contributed by atoms with Gasteiger partial charge in [0.1, 0.15) is 11.5 Å². The fourth-order valence-electron chi connectivity index (χ4n) is 2.20. The minimum Gasteiger partial charge on any atom is -0.476 e. The van der Waals surface area contributed by atoms with Crippen molar-refractivity contribution < 1.29 is 14.3 Å². The zero-order valence-electron chi connectivity index (χ0n) is 11.4. The number of carbonyl (C=O) groups is 1. The van der Waals surface area contributed by atoms with Crippen molar-refractivity contribution in [2.45, 2.75) is 32.7 Å². The average molecular weight is 277 g/mol. The number of benzene rings is 1. The van der Waals surface area contributed by atoms with Gasteiger partial charge in [-0.25, -0.2) is 13.9 Å². The number of nitrogens with zero attached hydrogens (tertiary/aromatic N) is 3. The van der Waals surface area contributed by atoms with Crippen LogP contribution in [-0.2, 0) is 0 Å². The third kappa shape index (κ3) is 2.54. The van der Waals surface area contributed by atoms with Crippen LogP contribution in [0.2, 0.25) is 0 Å². The molecule has 20 heavy (non-hydrogen) atoms. The number of carboxylic acids is 1. The molecule has 0 spiro atoms. The molecule has 0 aliphatic rings. The minimum atomic E-state index is -1.14. The van der Waals surface area contributed by atoms with Crippen LogP contribution in [0, 0.1) is 5.82 Å². The predicted molar refractivity (Wildman–Crippen MR) is 72.0 cm³/mol. The summed E-state index contributed by atoms with van der Waals surface area (Å²) in [6.07, 6.45) is 1.63. The second-order valence-electron chi connectivity index (χ2n) is 4.51. The molecule has 0 saturated carbocycles. The lowest BCUT2D eigenvalue weighted by Gasteiger charge is -2.15. The number of halogens is 1. The number of hydrogen-bond acceptors (Lipinski definition) is 3. The normalized spacial score (nSPS) is 11.0. The summed E-state index contributed by atoms with van der Waals surface area (Å²) in [5.41, 5.74) is 0.912. The molecular formula is C14H16FN3O2. The highest BCUT2D eigenvalue weighted by molar-refractivity contribution is 5.92. The van der Waals surface area contributed by atoms with Crippen LogP contribution in [0.3, 0.4) is 0 Å². The number of aromatic nitrogens is 3. The number of rotatable bonds is 5. The second kappa shape index (κ2) is 5.81. The second-order valence-corrected chi connectivity index (χ2v) is 4.51. The van der Waals surface area contributed by atoms with E-state index in [0.29, 0.717) is 11.3 Å². The van der Waals surface area contributed by atoms with Crippen LogP contribution < -0.4 is 0 Å². The lowest BCUT2D eigenvalue weighted by atomic mass is 10.1. The van der Waals surface area contributed by atoms with E-state index in [2.05, 4.69) is 10.3 Å². The molecule has 5 nitrogen and oxygen atoms in total. The number of hydrogen-bond donors (Lipinski definition) is 1. The standard InChI is InChI=1S/C14H16FN3O2/c1-3-11(4-2)18-13(12(14(19)20)16-17-18)9-5-7-10(15)8-6-9/h5-8,11H,3-4H2,1-2H3,(H,19,20). The lowest BCUT2D eigenvalue weighted by molar-refractivity contribution is 0.0691. The van der Waals surface area contributed by atoms with E-state index in [1.807, 2.05) is 13.8 Å². The largest absolute Gasteiger partial charge is 0.476 e. The molecule has 0 atom stereocenters. The number of carboxylic acid groups (broad SMARTS) is 1. The van der Waals surface area contributed by atoms with Crippen molar-refractivity contribution in [3.63, 3.8) is 0 Å². The Kier molecular flexibility index (Phi) is 4.12. The Morgan fingerprint density at radius 1 is 1.30 bits per heavy atom. The monoisotopic (exact) mass is 277 g/mol. The summed E-state index contributed by atoms with van der Waals surface area (Å²) in [6.45, 7) is 4.01. The quantitative estimate of drug-likeness (QED) is 0.911. The molecule has 2 aromatic rings. The van der Waals surface area contributed by atoms with Gasteiger partial charge in [-0.2, -0.15) is 0 Å². The Morgan fingerprint density at radius 2 is 1.90 bits per heavy atom. The van der Waals surface area contributed by atoms with E-state index in [1.54, 1.807) is 16.8 Å². The van der Waals surface area contributed by atoms with E-state index in [4.69, 9.17) is 0 Å². The summed E-state index contributed by atoms with van der Waals surface area (Å²) >= 11 is 0. The third-order valence-corrected chi connectivity index (χ3v) is 3.30. The smallest absolute Gasteiger partial charge is 0.358 e. The first-order valence-corrected chi connectivity index (χ1v) is 6.52. The van der Waals surface area contributed by atoms with Gasteiger partial charge in [0.15, 0.2) is 5.69 Å². The first-order valence-electron chi connectivity index (χ1n) is 6.52. The fourth-order valence-corrected chi connectivity index (χ4v) is 2.20. The summed E-state index contributed by atoms with van der Waals surface area (Å²) in [5.74, 6) is -1.51. The molecule has 2 rings (SSSR count). The number of aromatic carboxylic acids is 1. The molecule has 0 unspecified atom stereocenters. The van der Waals surface area contributed by atoms with Crippen molar-refractivity contribution >= 4 is 5.97 Å². The highest BCUT2D eigenvalue weighted by atomic mass is 19.1. The van der Waals surface area contributed by atoms with Gasteiger partial charge in [0.05, 0.1) is 6.04 Å². The van der Waals surface area contributed by atoms with E-state index in [-0.39, 0.29) is 17.6 Å². The molecule has 0 amide bonds. The first kappa shape index (κ1) is 14.2. The lowest BCUT2D eigenvalue weighted by Crippen LogP contribution is -2.11. The molecule has 1 aromatic carbocycles. The van der Waals surface area contributed by atoms with Crippen molar-refractivity contribution in [3.05, 3.63) is 35.8 Å².